The van der Waals surface area contributed by atoms with Crippen LogP contribution in [-0.2, 0) is 14.3 Å². The highest BCUT2D eigenvalue weighted by Gasteiger charge is 2.20. The van der Waals surface area contributed by atoms with Gasteiger partial charge in [-0.25, -0.2) is 0 Å². The Morgan fingerprint density at radius 1 is 0.322 bits per heavy atom. The maximum atomic E-state index is 12.5. The maximum Gasteiger partial charge on any atom is 0.305 e. The van der Waals surface area contributed by atoms with Gasteiger partial charge in [0.2, 0.25) is 5.91 Å². The summed E-state index contributed by atoms with van der Waals surface area (Å²) >= 11 is 0. The van der Waals surface area contributed by atoms with Crippen LogP contribution in [0, 0.1) is 0 Å². The Morgan fingerprint density at radius 3 is 0.885 bits per heavy atom. The fraction of sp³-hybridized carbons (Fsp3) is 0.901. The third-order valence-electron chi connectivity index (χ3n) is 18.7. The van der Waals surface area contributed by atoms with Gasteiger partial charge >= 0.3 is 5.97 Å². The van der Waals surface area contributed by atoms with E-state index in [0.717, 1.165) is 51.4 Å². The van der Waals surface area contributed by atoms with Gasteiger partial charge in [0.05, 0.1) is 25.4 Å². The van der Waals surface area contributed by atoms with Crippen molar-refractivity contribution in [1.29, 1.82) is 0 Å². The van der Waals surface area contributed by atoms with Crippen molar-refractivity contribution in [2.75, 3.05) is 13.2 Å². The van der Waals surface area contributed by atoms with Gasteiger partial charge in [-0.15, -0.1) is 0 Å². The predicted molar refractivity (Wildman–Crippen MR) is 384 cm³/mol. The van der Waals surface area contributed by atoms with Crippen molar-refractivity contribution >= 4 is 11.9 Å². The maximum absolute atomic E-state index is 12.5. The summed E-state index contributed by atoms with van der Waals surface area (Å²) in [6.45, 7) is 4.99. The van der Waals surface area contributed by atoms with E-state index in [-0.39, 0.29) is 18.5 Å². The first-order valence-corrected chi connectivity index (χ1v) is 39.7. The minimum Gasteiger partial charge on any atom is -0.466 e. The van der Waals surface area contributed by atoms with Crippen LogP contribution in [0.5, 0.6) is 0 Å². The number of carbonyl (C=O) groups is 2. The molecule has 0 saturated carbocycles. The normalized spacial score (nSPS) is 12.6. The molecule has 6 heteroatoms. The van der Waals surface area contributed by atoms with E-state index in [0.29, 0.717) is 25.9 Å². The molecule has 2 unspecified atom stereocenters. The number of nitrogens with one attached hydrogen (secondary N) is 1. The molecule has 0 aromatic carbocycles. The number of rotatable bonds is 75. The molecule has 0 aliphatic carbocycles. The first-order valence-electron chi connectivity index (χ1n) is 39.7. The largest absolute Gasteiger partial charge is 0.466 e. The number of aliphatic hydroxyl groups excluding tert-OH is 2. The van der Waals surface area contributed by atoms with Gasteiger partial charge in [0.25, 0.3) is 0 Å². The molecule has 0 bridgehead atoms. The van der Waals surface area contributed by atoms with Gasteiger partial charge in [-0.3, -0.25) is 9.59 Å². The fourth-order valence-electron chi connectivity index (χ4n) is 12.6. The third-order valence-corrected chi connectivity index (χ3v) is 18.7. The minimum atomic E-state index is -0.662. The van der Waals surface area contributed by atoms with Gasteiger partial charge in [-0.1, -0.05) is 384 Å². The van der Waals surface area contributed by atoms with E-state index in [2.05, 4.69) is 55.6 Å². The topological polar surface area (TPSA) is 95.9 Å². The molecule has 0 aliphatic rings. The molecule has 0 fully saturated rings. The second-order valence-corrected chi connectivity index (χ2v) is 27.4. The molecule has 87 heavy (non-hydrogen) atoms. The molecule has 0 rings (SSSR count). The molecule has 0 spiro atoms. The highest BCUT2D eigenvalue weighted by atomic mass is 16.5. The van der Waals surface area contributed by atoms with E-state index in [1.807, 2.05) is 0 Å². The van der Waals surface area contributed by atoms with Gasteiger partial charge in [0, 0.05) is 12.8 Å². The first kappa shape index (κ1) is 85.1. The average Bonchev–Trinajstić information content (AvgIpc) is 3.56. The average molecular weight is 1220 g/mol. The van der Waals surface area contributed by atoms with E-state index < -0.39 is 12.1 Å². The van der Waals surface area contributed by atoms with E-state index in [1.54, 1.807) is 0 Å². The zero-order chi connectivity index (χ0) is 62.8. The molecule has 0 aliphatic heterocycles. The van der Waals surface area contributed by atoms with Crippen molar-refractivity contribution in [2.45, 2.75) is 456 Å². The zero-order valence-electron chi connectivity index (χ0n) is 59.0. The SMILES string of the molecule is CCCCCCCCC/C=C\CCCCCCCCCC(=O)OCCCCCCCCCCCCCCC/C=C\C/C=C\CCCCCCCCCCCCCCCCCCCC(=O)NC(CO)C(O)CCCCCCCCCCCCCCCCC. The first-order chi connectivity index (χ1) is 43.0. The molecule has 1 amide bonds. The molecule has 0 saturated heterocycles. The third kappa shape index (κ3) is 73.0. The number of ether oxygens (including phenoxy) is 1. The lowest BCUT2D eigenvalue weighted by atomic mass is 10.0. The summed E-state index contributed by atoms with van der Waals surface area (Å²) in [6, 6.07) is -0.539. The Bertz CT molecular complexity index is 1410. The van der Waals surface area contributed by atoms with Crippen LogP contribution in [0.25, 0.3) is 0 Å². The molecule has 0 heterocycles. The molecule has 514 valence electrons. The lowest BCUT2D eigenvalue weighted by molar-refractivity contribution is -0.143. The monoisotopic (exact) mass is 1220 g/mol. The summed E-state index contributed by atoms with van der Waals surface area (Å²) in [5.41, 5.74) is 0. The van der Waals surface area contributed by atoms with Crippen LogP contribution < -0.4 is 5.32 Å². The van der Waals surface area contributed by atoms with Crippen LogP contribution in [-0.4, -0.2) is 47.4 Å². The highest BCUT2D eigenvalue weighted by molar-refractivity contribution is 5.76. The summed E-state index contributed by atoms with van der Waals surface area (Å²) in [6.07, 6.45) is 99.6. The van der Waals surface area contributed by atoms with E-state index in [4.69, 9.17) is 4.74 Å². The van der Waals surface area contributed by atoms with Crippen molar-refractivity contribution in [3.63, 3.8) is 0 Å². The molecule has 0 radical (unpaired) electrons. The zero-order valence-corrected chi connectivity index (χ0v) is 59.0. The van der Waals surface area contributed by atoms with Gasteiger partial charge in [-0.05, 0) is 83.5 Å². The van der Waals surface area contributed by atoms with Crippen molar-refractivity contribution in [1.82, 2.24) is 5.32 Å². The summed E-state index contributed by atoms with van der Waals surface area (Å²) in [5.74, 6) is -0.0125. The highest BCUT2D eigenvalue weighted by Crippen LogP contribution is 2.20. The Balaban J connectivity index is 3.35. The van der Waals surface area contributed by atoms with Crippen LogP contribution >= 0.6 is 0 Å². The smallest absolute Gasteiger partial charge is 0.305 e. The standard InChI is InChI=1S/C81H155NO5/c1-3-5-7-9-11-13-15-17-19-20-43-47-51-55-59-63-67-71-75-81(86)87-76-72-68-64-60-56-52-48-44-41-39-37-35-33-31-29-27-25-23-21-22-24-26-28-30-32-34-36-38-40-42-46-50-54-58-62-66-70-74-80(85)82-78(77-83)79(84)73-69-65-61-57-53-49-45-18-16-14-12-10-8-6-4-2/h19-21,23,27,29,78-79,83-84H,3-18,22,24-26,28,30-77H2,1-2H3,(H,82,85)/b20-19-,23-21-,29-27-. The second-order valence-electron chi connectivity index (χ2n) is 27.4. The molecule has 3 N–H and O–H groups in total. The van der Waals surface area contributed by atoms with Gasteiger partial charge in [-0.2, -0.15) is 0 Å². The fourth-order valence-corrected chi connectivity index (χ4v) is 12.6. The summed E-state index contributed by atoms with van der Waals surface area (Å²) in [7, 11) is 0. The number of carbonyl (C=O) groups excluding carboxylic acids is 2. The number of hydrogen-bond donors (Lipinski definition) is 3. The summed E-state index contributed by atoms with van der Waals surface area (Å²) in [4.78, 5) is 24.6. The Kier molecular flexibility index (Phi) is 74.8. The van der Waals surface area contributed by atoms with Crippen molar-refractivity contribution in [3.8, 4) is 0 Å². The van der Waals surface area contributed by atoms with Crippen molar-refractivity contribution in [2.24, 2.45) is 0 Å². The van der Waals surface area contributed by atoms with Crippen LogP contribution in [0.2, 0.25) is 0 Å². The van der Waals surface area contributed by atoms with Gasteiger partial charge in [0.15, 0.2) is 0 Å². The quantitative estimate of drug-likeness (QED) is 0.0320. The Morgan fingerprint density at radius 2 is 0.575 bits per heavy atom. The minimum absolute atomic E-state index is 0.0166. The molecule has 0 aromatic heterocycles. The number of esters is 1. The number of hydrogen-bond acceptors (Lipinski definition) is 5. The molecule has 6 nitrogen and oxygen atoms in total. The lowest BCUT2D eigenvalue weighted by Crippen LogP contribution is -2.45. The van der Waals surface area contributed by atoms with Crippen LogP contribution in [0.15, 0.2) is 36.5 Å². The second kappa shape index (κ2) is 76.5. The molecular weight excluding hydrogens is 1070 g/mol. The van der Waals surface area contributed by atoms with Crippen LogP contribution in [0.3, 0.4) is 0 Å². The number of aliphatic hydroxyl groups is 2. The summed E-state index contributed by atoms with van der Waals surface area (Å²) < 4.78 is 5.51. The summed E-state index contributed by atoms with van der Waals surface area (Å²) in [5, 5.41) is 23.4. The Hall–Kier alpha value is -1.92. The van der Waals surface area contributed by atoms with Gasteiger partial charge in [0.1, 0.15) is 0 Å². The van der Waals surface area contributed by atoms with E-state index in [1.165, 1.54) is 360 Å². The molecular formula is C81H155NO5. The predicted octanol–water partition coefficient (Wildman–Crippen LogP) is 26.2. The number of amides is 1. The van der Waals surface area contributed by atoms with Crippen LogP contribution in [0.4, 0.5) is 0 Å². The van der Waals surface area contributed by atoms with E-state index in [9.17, 15) is 19.8 Å². The van der Waals surface area contributed by atoms with Crippen molar-refractivity contribution in [3.05, 3.63) is 36.5 Å². The molecule has 0 aromatic rings. The lowest BCUT2D eigenvalue weighted by Gasteiger charge is -2.22. The van der Waals surface area contributed by atoms with Crippen LogP contribution in [0.1, 0.15) is 444 Å². The van der Waals surface area contributed by atoms with Crippen molar-refractivity contribution < 1.29 is 24.5 Å². The number of unbranched alkanes of at least 4 members (excludes halogenated alkanes) is 58. The number of allylic oxidation sites excluding steroid dienone is 6. The van der Waals surface area contributed by atoms with Gasteiger partial charge < -0.3 is 20.3 Å². The molecule has 2 atom stereocenters. The Labute approximate surface area is 544 Å². The van der Waals surface area contributed by atoms with E-state index >= 15 is 0 Å².